The van der Waals surface area contributed by atoms with E-state index in [1.165, 1.54) is 7.11 Å². The van der Waals surface area contributed by atoms with Gasteiger partial charge in [0, 0.05) is 11.3 Å². The van der Waals surface area contributed by atoms with Gasteiger partial charge in [-0.05, 0) is 0 Å². The summed E-state index contributed by atoms with van der Waals surface area (Å²) in [4.78, 5) is 11.3. The lowest BCUT2D eigenvalue weighted by Gasteiger charge is -2.18. The number of ether oxygens (including phenoxy) is 1. The summed E-state index contributed by atoms with van der Waals surface area (Å²) in [5, 5.41) is 0. The monoisotopic (exact) mass is 191 g/mol. The van der Waals surface area contributed by atoms with E-state index in [4.69, 9.17) is 37.1 Å². The molecule has 0 aliphatic rings. The van der Waals surface area contributed by atoms with Gasteiger partial charge in [-0.1, -0.05) is 21.9 Å². The first kappa shape index (κ1) is 11.8. The first-order valence-electron chi connectivity index (χ1n) is 4.01. The van der Waals surface area contributed by atoms with Crippen LogP contribution in [0.5, 0.6) is 0 Å². The zero-order valence-electron chi connectivity index (χ0n) is 8.20. The van der Waals surface area contributed by atoms with Gasteiger partial charge in [0.1, 0.15) is 31.4 Å². The Bertz CT molecular complexity index is 404. The highest BCUT2D eigenvalue weighted by Crippen LogP contribution is 1.95. The van der Waals surface area contributed by atoms with Crippen molar-refractivity contribution in [1.82, 2.24) is 0 Å². The maximum atomic E-state index is 11.3. The van der Waals surface area contributed by atoms with Crippen LogP contribution in [0, 0.1) is 0 Å². The summed E-state index contributed by atoms with van der Waals surface area (Å²) < 4.78 is 4.50. The van der Waals surface area contributed by atoms with Crippen molar-refractivity contribution in [2.45, 2.75) is 0 Å². The first-order valence-corrected chi connectivity index (χ1v) is 4.01. The van der Waals surface area contributed by atoms with Crippen LogP contribution >= 0.6 is 0 Å². The maximum absolute atomic E-state index is 11.3. The second kappa shape index (κ2) is 4.09. The summed E-state index contributed by atoms with van der Waals surface area (Å²) in [6, 6.07) is 0. The molecule has 0 aromatic heterocycles. The molecule has 0 heterocycles. The van der Waals surface area contributed by atoms with Gasteiger partial charge in [-0.25, -0.2) is 4.79 Å². The van der Waals surface area contributed by atoms with E-state index in [1.807, 2.05) is 0 Å². The number of hydrogen-bond acceptors (Lipinski definition) is 3. The topological polar surface area (TPSA) is 52.3 Å². The van der Waals surface area contributed by atoms with Crippen LogP contribution in [0.2, 0.25) is 0 Å². The summed E-state index contributed by atoms with van der Waals surface area (Å²) in [5.41, 5.74) is 5.56. The second-order valence-electron chi connectivity index (χ2n) is 2.93. The molecule has 0 saturated carbocycles. The average molecular weight is 190 g/mol. The lowest BCUT2D eigenvalue weighted by molar-refractivity contribution is 0.0604. The fourth-order valence-corrected chi connectivity index (χ4v) is 1.17. The molecule has 0 spiro atoms. The molecule has 15 heavy (non-hydrogen) atoms. The molecule has 7 heteroatoms. The minimum atomic E-state index is -0.705. The molecule has 0 aliphatic carbocycles. The van der Waals surface area contributed by atoms with Crippen molar-refractivity contribution in [2.75, 3.05) is 12.8 Å². The van der Waals surface area contributed by atoms with E-state index >= 15 is 0 Å². The highest BCUT2D eigenvalue weighted by molar-refractivity contribution is 6.62. The Hall–Kier alpha value is -1.25. The number of benzene rings is 1. The van der Waals surface area contributed by atoms with Crippen molar-refractivity contribution in [3.8, 4) is 0 Å². The lowest BCUT2D eigenvalue weighted by atomic mass is 9.66. The average Bonchev–Trinajstić information content (AvgIpc) is 2.23. The number of rotatable bonds is 1. The summed E-state index contributed by atoms with van der Waals surface area (Å²) >= 11 is 0. The zero-order chi connectivity index (χ0) is 11.7. The quantitative estimate of drug-likeness (QED) is 0.281. The normalized spacial score (nSPS) is 9.93. The summed E-state index contributed by atoms with van der Waals surface area (Å²) in [5.74, 6) is -0.705. The van der Waals surface area contributed by atoms with Gasteiger partial charge < -0.3 is 10.5 Å². The van der Waals surface area contributed by atoms with Crippen molar-refractivity contribution in [3.63, 3.8) is 0 Å². The van der Waals surface area contributed by atoms with Crippen molar-refractivity contribution in [2.24, 2.45) is 0 Å². The summed E-state index contributed by atoms with van der Waals surface area (Å²) in [6.07, 6.45) is 0. The van der Waals surface area contributed by atoms with Crippen molar-refractivity contribution in [3.05, 3.63) is 5.56 Å². The molecule has 0 saturated heterocycles. The lowest BCUT2D eigenvalue weighted by Crippen LogP contribution is -2.48. The van der Waals surface area contributed by atoms with Gasteiger partial charge in [-0.2, -0.15) is 0 Å². The van der Waals surface area contributed by atoms with Gasteiger partial charge in [0.15, 0.2) is 0 Å². The number of esters is 1. The largest absolute Gasteiger partial charge is 0.465 e. The molecule has 0 aliphatic heterocycles. The molecule has 0 unspecified atom stereocenters. The standard InChI is InChI=1S/C8H5B4NO2/c1-15-8(14)2-3(9)5(11)7(13)6(12)4(2)10/h13H2,1H3. The van der Waals surface area contributed by atoms with Gasteiger partial charge in [0.25, 0.3) is 0 Å². The number of carbonyl (C=O) groups is 1. The molecule has 3 nitrogen and oxygen atoms in total. The van der Waals surface area contributed by atoms with Crippen LogP contribution in [-0.2, 0) is 4.74 Å². The highest BCUT2D eigenvalue weighted by Gasteiger charge is 2.16. The Morgan fingerprint density at radius 3 is 1.80 bits per heavy atom. The van der Waals surface area contributed by atoms with Crippen molar-refractivity contribution >= 4 is 64.9 Å². The molecule has 0 atom stereocenters. The minimum absolute atomic E-state index is 0.0222. The molecule has 0 bridgehead atoms. The predicted molar refractivity (Wildman–Crippen MR) is 63.7 cm³/mol. The second-order valence-corrected chi connectivity index (χ2v) is 2.93. The fraction of sp³-hybridized carbons (Fsp3) is 0.125. The molecule has 8 radical (unpaired) electrons. The van der Waals surface area contributed by atoms with E-state index in [1.54, 1.807) is 0 Å². The van der Waals surface area contributed by atoms with Crippen LogP contribution in [0.25, 0.3) is 0 Å². The summed E-state index contributed by atoms with van der Waals surface area (Å²) in [6.45, 7) is 0. The number of carbonyl (C=O) groups excluding carboxylic acids is 1. The maximum Gasteiger partial charge on any atom is 0.336 e. The molecule has 1 aromatic rings. The Morgan fingerprint density at radius 2 is 1.47 bits per heavy atom. The number of nitrogens with two attached hydrogens (primary N) is 1. The van der Waals surface area contributed by atoms with Gasteiger partial charge in [0.2, 0.25) is 0 Å². The van der Waals surface area contributed by atoms with Crippen LogP contribution in [0.4, 0.5) is 5.69 Å². The number of hydrogen-bond donors (Lipinski definition) is 1. The molecule has 1 aromatic carbocycles. The Kier molecular flexibility index (Phi) is 3.22. The van der Waals surface area contributed by atoms with E-state index in [2.05, 4.69) is 4.74 Å². The fourth-order valence-electron chi connectivity index (χ4n) is 1.17. The van der Waals surface area contributed by atoms with E-state index in [0.29, 0.717) is 0 Å². The molecule has 1 rings (SSSR count). The third-order valence-corrected chi connectivity index (χ3v) is 2.09. The molecule has 66 valence electrons. The molecular formula is C8H5B4NO2. The van der Waals surface area contributed by atoms with Crippen molar-refractivity contribution < 1.29 is 9.53 Å². The molecule has 0 amide bonds. The number of nitrogen functional groups attached to an aromatic ring is 1. The van der Waals surface area contributed by atoms with Crippen LogP contribution in [0.15, 0.2) is 0 Å². The highest BCUT2D eigenvalue weighted by atomic mass is 16.5. The van der Waals surface area contributed by atoms with E-state index in [9.17, 15) is 4.79 Å². The molecule has 2 N–H and O–H groups in total. The Balaban J connectivity index is 3.60. The molecule has 0 fully saturated rings. The Labute approximate surface area is 93.4 Å². The van der Waals surface area contributed by atoms with Crippen molar-refractivity contribution in [1.29, 1.82) is 0 Å². The van der Waals surface area contributed by atoms with Crippen LogP contribution in [0.1, 0.15) is 10.4 Å². The van der Waals surface area contributed by atoms with Gasteiger partial charge in [-0.15, -0.1) is 0 Å². The van der Waals surface area contributed by atoms with Crippen LogP contribution in [0.3, 0.4) is 0 Å². The van der Waals surface area contributed by atoms with Crippen LogP contribution < -0.4 is 27.6 Å². The van der Waals surface area contributed by atoms with E-state index in [0.717, 1.165) is 0 Å². The van der Waals surface area contributed by atoms with Crippen LogP contribution in [-0.4, -0.2) is 44.5 Å². The zero-order valence-corrected chi connectivity index (χ0v) is 8.20. The molecular weight excluding hydrogens is 185 g/mol. The SMILES string of the molecule is [B]c1c([B])c(C(=O)OC)c([B])c([B])c1N. The number of methoxy groups -OCH3 is 1. The minimum Gasteiger partial charge on any atom is -0.465 e. The van der Waals surface area contributed by atoms with Gasteiger partial charge in [-0.3, -0.25) is 0 Å². The smallest absolute Gasteiger partial charge is 0.336 e. The van der Waals surface area contributed by atoms with Gasteiger partial charge >= 0.3 is 5.97 Å². The van der Waals surface area contributed by atoms with Gasteiger partial charge in [0.05, 0.1) is 7.11 Å². The third kappa shape index (κ3) is 1.78. The number of anilines is 1. The third-order valence-electron chi connectivity index (χ3n) is 2.09. The predicted octanol–water partition coefficient (Wildman–Crippen LogP) is -3.77. The Morgan fingerprint density at radius 1 is 1.07 bits per heavy atom. The van der Waals surface area contributed by atoms with E-state index in [-0.39, 0.29) is 33.1 Å². The summed E-state index contributed by atoms with van der Waals surface area (Å²) in [7, 11) is 23.5. The first-order chi connectivity index (χ1) is 6.91. The van der Waals surface area contributed by atoms with E-state index < -0.39 is 5.97 Å².